The number of carbonyl (C=O) groups excluding carboxylic acids is 2. The predicted octanol–water partition coefficient (Wildman–Crippen LogP) is 2.02. The zero-order valence-corrected chi connectivity index (χ0v) is 17.5. The van der Waals surface area contributed by atoms with Gasteiger partial charge >= 0.3 is 0 Å². The second kappa shape index (κ2) is 7.86. The Morgan fingerprint density at radius 2 is 2.21 bits per heavy atom. The van der Waals surface area contributed by atoms with E-state index in [1.165, 1.54) is 0 Å². The van der Waals surface area contributed by atoms with Crippen LogP contribution in [-0.2, 0) is 4.79 Å². The molecular weight excluding hydrogens is 370 g/mol. The van der Waals surface area contributed by atoms with E-state index < -0.39 is 5.72 Å². The second-order valence-electron chi connectivity index (χ2n) is 8.84. The topological polar surface area (TPSA) is 79.9 Å². The maximum absolute atomic E-state index is 12.8. The minimum atomic E-state index is -0.707. The van der Waals surface area contributed by atoms with Crippen molar-refractivity contribution in [2.45, 2.75) is 37.8 Å². The minimum absolute atomic E-state index is 0.00550. The number of nitrogens with one attached hydrogen (secondary N) is 2. The number of nitrogens with zero attached hydrogens (tertiary/aromatic N) is 1. The van der Waals surface area contributed by atoms with E-state index in [4.69, 9.17) is 9.47 Å². The molecule has 7 nitrogen and oxygen atoms in total. The van der Waals surface area contributed by atoms with Crippen molar-refractivity contribution in [3.05, 3.63) is 23.8 Å². The van der Waals surface area contributed by atoms with Gasteiger partial charge in [0.25, 0.3) is 5.91 Å². The van der Waals surface area contributed by atoms with Crippen molar-refractivity contribution in [1.29, 1.82) is 0 Å². The van der Waals surface area contributed by atoms with E-state index in [1.807, 2.05) is 14.1 Å². The van der Waals surface area contributed by atoms with Crippen molar-refractivity contribution in [2.75, 3.05) is 34.3 Å². The van der Waals surface area contributed by atoms with Gasteiger partial charge in [-0.3, -0.25) is 9.59 Å². The lowest BCUT2D eigenvalue weighted by Gasteiger charge is -2.55. The second-order valence-corrected chi connectivity index (χ2v) is 8.84. The molecule has 0 aromatic heterocycles. The number of benzene rings is 1. The van der Waals surface area contributed by atoms with Crippen LogP contribution in [0.2, 0.25) is 0 Å². The molecule has 2 amide bonds. The number of rotatable bonds is 6. The quantitative estimate of drug-likeness (QED) is 0.713. The highest BCUT2D eigenvalue weighted by Crippen LogP contribution is 2.52. The normalized spacial score (nSPS) is 29.9. The highest BCUT2D eigenvalue weighted by molar-refractivity contribution is 5.98. The summed E-state index contributed by atoms with van der Waals surface area (Å²) in [5.74, 6) is 1.65. The van der Waals surface area contributed by atoms with Crippen molar-refractivity contribution >= 4 is 11.8 Å². The van der Waals surface area contributed by atoms with Crippen LogP contribution in [0, 0.1) is 17.8 Å². The van der Waals surface area contributed by atoms with Gasteiger partial charge in [-0.1, -0.05) is 0 Å². The van der Waals surface area contributed by atoms with Gasteiger partial charge in [0.15, 0.2) is 5.72 Å². The van der Waals surface area contributed by atoms with E-state index >= 15 is 0 Å². The summed E-state index contributed by atoms with van der Waals surface area (Å²) in [5.41, 5.74) is -0.172. The maximum Gasteiger partial charge on any atom is 0.258 e. The van der Waals surface area contributed by atoms with Crippen LogP contribution in [0.15, 0.2) is 18.2 Å². The van der Waals surface area contributed by atoms with Gasteiger partial charge in [-0.25, -0.2) is 0 Å². The van der Waals surface area contributed by atoms with Crippen molar-refractivity contribution in [1.82, 2.24) is 15.5 Å². The van der Waals surface area contributed by atoms with E-state index in [0.29, 0.717) is 30.0 Å². The van der Waals surface area contributed by atoms with Crippen LogP contribution in [0.4, 0.5) is 0 Å². The maximum atomic E-state index is 12.8. The van der Waals surface area contributed by atoms with Gasteiger partial charge in [0, 0.05) is 30.9 Å². The van der Waals surface area contributed by atoms with Gasteiger partial charge in [0.1, 0.15) is 11.5 Å². The smallest absolute Gasteiger partial charge is 0.258 e. The molecule has 29 heavy (non-hydrogen) atoms. The average Bonchev–Trinajstić information content (AvgIpc) is 2.70. The van der Waals surface area contributed by atoms with Crippen LogP contribution in [0.3, 0.4) is 0 Å². The molecule has 7 heteroatoms. The third-order valence-electron chi connectivity index (χ3n) is 6.69. The van der Waals surface area contributed by atoms with Gasteiger partial charge in [-0.05, 0) is 64.4 Å². The highest BCUT2D eigenvalue weighted by atomic mass is 16.5. The highest BCUT2D eigenvalue weighted by Gasteiger charge is 2.57. The Hall–Kier alpha value is -2.28. The average molecular weight is 402 g/mol. The summed E-state index contributed by atoms with van der Waals surface area (Å²) < 4.78 is 11.7. The predicted molar refractivity (Wildman–Crippen MR) is 109 cm³/mol. The molecule has 3 fully saturated rings. The molecule has 2 bridgehead atoms. The van der Waals surface area contributed by atoms with Crippen LogP contribution in [0.5, 0.6) is 11.5 Å². The molecule has 5 rings (SSSR count). The van der Waals surface area contributed by atoms with E-state index in [9.17, 15) is 9.59 Å². The largest absolute Gasteiger partial charge is 0.497 e. The third kappa shape index (κ3) is 3.80. The molecule has 2 N–H and O–H groups in total. The third-order valence-corrected chi connectivity index (χ3v) is 6.69. The molecule has 3 saturated carbocycles. The van der Waals surface area contributed by atoms with Gasteiger partial charge in [0.05, 0.1) is 12.7 Å². The Morgan fingerprint density at radius 1 is 1.38 bits per heavy atom. The van der Waals surface area contributed by atoms with Crippen molar-refractivity contribution in [3.63, 3.8) is 0 Å². The number of hydrogen-bond donors (Lipinski definition) is 2. The summed E-state index contributed by atoms with van der Waals surface area (Å²) in [6.07, 6.45) is 4.35. The number of hydrogen-bond acceptors (Lipinski definition) is 5. The van der Waals surface area contributed by atoms with Gasteiger partial charge < -0.3 is 25.0 Å². The van der Waals surface area contributed by atoms with Crippen LogP contribution < -0.4 is 20.1 Å². The van der Waals surface area contributed by atoms with Crippen molar-refractivity contribution in [3.8, 4) is 11.5 Å². The van der Waals surface area contributed by atoms with E-state index in [2.05, 4.69) is 15.5 Å². The zero-order valence-electron chi connectivity index (χ0n) is 17.5. The summed E-state index contributed by atoms with van der Waals surface area (Å²) in [4.78, 5) is 27.7. The molecule has 1 aromatic rings. The fraction of sp³-hybridized carbons (Fsp3) is 0.636. The Labute approximate surface area is 172 Å². The molecule has 1 aromatic carbocycles. The van der Waals surface area contributed by atoms with E-state index in [-0.39, 0.29) is 29.6 Å². The SMILES string of the molecule is COc1ccc2c(c1)O[C@@]1(C[C@H]3CC[C@H]1C[C@H]3C(=O)NCCCN(C)C)NC2=O. The molecule has 0 unspecified atom stereocenters. The monoisotopic (exact) mass is 401 g/mol. The molecule has 3 aliphatic carbocycles. The fourth-order valence-corrected chi connectivity index (χ4v) is 5.18. The number of fused-ring (bicyclic) bond motifs is 3. The number of ether oxygens (including phenoxy) is 2. The first-order chi connectivity index (χ1) is 13.9. The Balaban J connectivity index is 1.45. The lowest BCUT2D eigenvalue weighted by atomic mass is 9.60. The van der Waals surface area contributed by atoms with Gasteiger partial charge in [0.2, 0.25) is 5.91 Å². The fourth-order valence-electron chi connectivity index (χ4n) is 5.18. The number of amides is 2. The molecule has 0 radical (unpaired) electrons. The first-order valence-electron chi connectivity index (χ1n) is 10.5. The van der Waals surface area contributed by atoms with Gasteiger partial charge in [-0.2, -0.15) is 0 Å². The molecule has 1 heterocycles. The van der Waals surface area contributed by atoms with Crippen LogP contribution in [-0.4, -0.2) is 56.7 Å². The Morgan fingerprint density at radius 3 is 2.90 bits per heavy atom. The summed E-state index contributed by atoms with van der Waals surface area (Å²) in [5, 5.41) is 6.26. The number of carbonyl (C=O) groups is 2. The molecule has 158 valence electrons. The molecule has 4 aliphatic rings. The van der Waals surface area contributed by atoms with E-state index in [0.717, 1.165) is 32.2 Å². The van der Waals surface area contributed by atoms with Crippen LogP contribution in [0.1, 0.15) is 42.5 Å². The first-order valence-corrected chi connectivity index (χ1v) is 10.5. The molecule has 0 saturated heterocycles. The summed E-state index contributed by atoms with van der Waals surface area (Å²) >= 11 is 0. The lowest BCUT2D eigenvalue weighted by molar-refractivity contribution is -0.146. The molecule has 1 spiro atoms. The van der Waals surface area contributed by atoms with Crippen LogP contribution >= 0.6 is 0 Å². The first kappa shape index (κ1) is 20.0. The summed E-state index contributed by atoms with van der Waals surface area (Å²) in [6.45, 7) is 1.67. The standard InChI is InChI=1S/C22H31N3O4/c1-25(2)10-4-9-23-20(26)18-11-15-6-5-14(18)13-22(15)24-21(27)17-8-7-16(28-3)12-19(17)29-22/h7-8,12,14-15,18H,4-6,9-11,13H2,1-3H3,(H,23,26)(H,24,27)/t14-,15+,18-,22-/m1/s1. The summed E-state index contributed by atoms with van der Waals surface area (Å²) in [6, 6.07) is 5.29. The molecule has 4 atom stereocenters. The number of methoxy groups -OCH3 is 1. The van der Waals surface area contributed by atoms with Crippen molar-refractivity contribution < 1.29 is 19.1 Å². The summed E-state index contributed by atoms with van der Waals surface area (Å²) in [7, 11) is 5.67. The Kier molecular flexibility index (Phi) is 5.42. The zero-order chi connectivity index (χ0) is 20.6. The molecular formula is C22H31N3O4. The lowest BCUT2D eigenvalue weighted by Crippen LogP contribution is -2.66. The van der Waals surface area contributed by atoms with Gasteiger partial charge in [-0.15, -0.1) is 0 Å². The molecule has 1 aliphatic heterocycles. The van der Waals surface area contributed by atoms with Crippen molar-refractivity contribution in [2.24, 2.45) is 17.8 Å². The Bertz CT molecular complexity index is 796. The van der Waals surface area contributed by atoms with Crippen LogP contribution in [0.25, 0.3) is 0 Å². The minimum Gasteiger partial charge on any atom is -0.497 e. The van der Waals surface area contributed by atoms with E-state index in [1.54, 1.807) is 25.3 Å².